The van der Waals surface area contributed by atoms with Crippen molar-refractivity contribution in [1.29, 1.82) is 0 Å². The summed E-state index contributed by atoms with van der Waals surface area (Å²) in [4.78, 5) is 32.9. The lowest BCUT2D eigenvalue weighted by Crippen LogP contribution is -2.42. The Morgan fingerprint density at radius 3 is 2.69 bits per heavy atom. The van der Waals surface area contributed by atoms with Gasteiger partial charge in [-0.3, -0.25) is 9.59 Å². The highest BCUT2D eigenvalue weighted by Gasteiger charge is 2.33. The van der Waals surface area contributed by atoms with Gasteiger partial charge in [0.2, 0.25) is 0 Å². The highest BCUT2D eigenvalue weighted by molar-refractivity contribution is 6.39. The molecule has 0 fully saturated rings. The zero-order valence-corrected chi connectivity index (χ0v) is 17.7. The summed E-state index contributed by atoms with van der Waals surface area (Å²) in [6.07, 6.45) is 2.20. The van der Waals surface area contributed by atoms with Crippen molar-refractivity contribution in [2.45, 2.75) is 31.3 Å². The molecule has 8 nitrogen and oxygen atoms in total. The Labute approximate surface area is 188 Å². The maximum atomic E-state index is 13.7. The number of anilines is 1. The molecule has 1 aromatic heterocycles. The Hall–Kier alpha value is -3.59. The van der Waals surface area contributed by atoms with Crippen LogP contribution in [0.4, 0.5) is 10.1 Å². The van der Waals surface area contributed by atoms with Crippen LogP contribution in [0.1, 0.15) is 30.1 Å². The maximum Gasteiger partial charge on any atom is 0.313 e. The topological polar surface area (TPSA) is 138 Å². The average molecular weight is 457 g/mol. The quantitative estimate of drug-likeness (QED) is 0.179. The summed E-state index contributed by atoms with van der Waals surface area (Å²) in [5.74, 6) is -2.65. The van der Waals surface area contributed by atoms with Gasteiger partial charge >= 0.3 is 11.8 Å². The molecule has 0 aliphatic heterocycles. The number of halogens is 2. The zero-order valence-electron chi connectivity index (χ0n) is 17.0. The first-order chi connectivity index (χ1) is 15.3. The maximum absolute atomic E-state index is 13.7. The average Bonchev–Trinajstić information content (AvgIpc) is 3.03. The second kappa shape index (κ2) is 8.88. The second-order valence-electron chi connectivity index (χ2n) is 7.61. The fourth-order valence-corrected chi connectivity index (χ4v) is 4.19. The van der Waals surface area contributed by atoms with Gasteiger partial charge in [-0.15, -0.1) is 0 Å². The Bertz CT molecular complexity index is 1220. The van der Waals surface area contributed by atoms with Crippen LogP contribution < -0.4 is 22.1 Å². The number of hydrogen-bond acceptors (Lipinski definition) is 3. The molecule has 2 aromatic carbocycles. The summed E-state index contributed by atoms with van der Waals surface area (Å²) in [6, 6.07) is 10.4. The summed E-state index contributed by atoms with van der Waals surface area (Å²) >= 11 is 5.66. The van der Waals surface area contributed by atoms with Gasteiger partial charge in [-0.1, -0.05) is 29.8 Å². The third-order valence-corrected chi connectivity index (χ3v) is 5.76. The monoisotopic (exact) mass is 456 g/mol. The molecule has 0 saturated carbocycles. The summed E-state index contributed by atoms with van der Waals surface area (Å²) < 4.78 is 13.7. The first-order valence-electron chi connectivity index (χ1n) is 10.1. The highest BCUT2D eigenvalue weighted by Crippen LogP contribution is 2.35. The van der Waals surface area contributed by atoms with Crippen LogP contribution in [0.2, 0.25) is 5.02 Å². The van der Waals surface area contributed by atoms with Gasteiger partial charge in [-0.25, -0.2) is 9.38 Å². The molecular formula is C22H22ClFN6O2. The van der Waals surface area contributed by atoms with Gasteiger partial charge in [0.1, 0.15) is 5.82 Å². The number of para-hydroxylation sites is 1. The van der Waals surface area contributed by atoms with E-state index in [1.165, 1.54) is 12.1 Å². The minimum atomic E-state index is -0.947. The van der Waals surface area contributed by atoms with Crippen molar-refractivity contribution in [3.8, 4) is 0 Å². The van der Waals surface area contributed by atoms with Gasteiger partial charge in [-0.05, 0) is 49.1 Å². The molecule has 0 saturated heterocycles. The minimum absolute atomic E-state index is 0.0858. The number of rotatable bonds is 3. The SMILES string of the molecule is NC(N)=N[C@H]1CCCc2c([nH]c3ccccc23)[C@@H]1NC(=O)C(=O)Nc1ccc(Cl)c(F)c1. The van der Waals surface area contributed by atoms with Gasteiger partial charge in [0.05, 0.1) is 17.1 Å². The van der Waals surface area contributed by atoms with Crippen molar-refractivity contribution < 1.29 is 14.0 Å². The number of aryl methyl sites for hydroxylation is 1. The standard InChI is InChI=1S/C22H22ClFN6O2/c23-14-9-8-11(10-15(14)24)27-20(31)21(32)30-19-17(29-22(25)26)7-3-5-13-12-4-1-2-6-16(12)28-18(13)19/h1-2,4,6,8-10,17,19,28H,3,5,7H2,(H,27,31)(H,30,32)(H4,25,26,29)/t17-,19+/m0/s1. The van der Waals surface area contributed by atoms with Crippen molar-refractivity contribution in [3.63, 3.8) is 0 Å². The van der Waals surface area contributed by atoms with Crippen LogP contribution in [0.5, 0.6) is 0 Å². The van der Waals surface area contributed by atoms with Crippen molar-refractivity contribution in [3.05, 3.63) is 64.6 Å². The van der Waals surface area contributed by atoms with Crippen LogP contribution >= 0.6 is 11.6 Å². The molecule has 7 N–H and O–H groups in total. The van der Waals surface area contributed by atoms with Gasteiger partial charge in [0, 0.05) is 22.3 Å². The molecule has 4 rings (SSSR count). The molecule has 0 spiro atoms. The normalized spacial score (nSPS) is 17.8. The minimum Gasteiger partial charge on any atom is -0.370 e. The molecule has 2 atom stereocenters. The Morgan fingerprint density at radius 2 is 1.94 bits per heavy atom. The van der Waals surface area contributed by atoms with Crippen LogP contribution in [-0.2, 0) is 16.0 Å². The number of nitrogens with two attached hydrogens (primary N) is 2. The van der Waals surface area contributed by atoms with E-state index in [4.69, 9.17) is 23.1 Å². The zero-order chi connectivity index (χ0) is 22.8. The smallest absolute Gasteiger partial charge is 0.313 e. The predicted octanol–water partition coefficient (Wildman–Crippen LogP) is 2.73. The predicted molar refractivity (Wildman–Crippen MR) is 122 cm³/mol. The molecule has 0 unspecified atom stereocenters. The summed E-state index contributed by atoms with van der Waals surface area (Å²) in [5, 5.41) is 6.10. The van der Waals surface area contributed by atoms with Crippen molar-refractivity contribution in [1.82, 2.24) is 10.3 Å². The molecular weight excluding hydrogens is 435 g/mol. The first kappa shape index (κ1) is 21.6. The number of carbonyl (C=O) groups excluding carboxylic acids is 2. The number of hydrogen-bond donors (Lipinski definition) is 5. The molecule has 32 heavy (non-hydrogen) atoms. The fraction of sp³-hybridized carbons (Fsp3) is 0.227. The molecule has 0 radical (unpaired) electrons. The number of guanidine groups is 1. The van der Waals surface area contributed by atoms with Gasteiger partial charge in [0.25, 0.3) is 0 Å². The number of benzene rings is 2. The van der Waals surface area contributed by atoms with Crippen LogP contribution in [0, 0.1) is 5.82 Å². The van der Waals surface area contributed by atoms with Crippen molar-refractivity contribution in [2.24, 2.45) is 16.5 Å². The lowest BCUT2D eigenvalue weighted by molar-refractivity contribution is -0.136. The van der Waals surface area contributed by atoms with E-state index in [0.29, 0.717) is 6.42 Å². The lowest BCUT2D eigenvalue weighted by atomic mass is 10.0. The number of aromatic nitrogens is 1. The van der Waals surface area contributed by atoms with E-state index in [-0.39, 0.29) is 16.7 Å². The van der Waals surface area contributed by atoms with E-state index >= 15 is 0 Å². The van der Waals surface area contributed by atoms with E-state index in [2.05, 4.69) is 20.6 Å². The molecule has 1 aliphatic carbocycles. The molecule has 2 amide bonds. The van der Waals surface area contributed by atoms with E-state index in [0.717, 1.165) is 41.1 Å². The van der Waals surface area contributed by atoms with Crippen LogP contribution in [-0.4, -0.2) is 28.8 Å². The third kappa shape index (κ3) is 4.38. The van der Waals surface area contributed by atoms with Crippen molar-refractivity contribution >= 4 is 46.0 Å². The number of nitrogens with one attached hydrogen (secondary N) is 3. The van der Waals surface area contributed by atoms with E-state index < -0.39 is 29.7 Å². The third-order valence-electron chi connectivity index (χ3n) is 5.45. The lowest BCUT2D eigenvalue weighted by Gasteiger charge is -2.23. The van der Waals surface area contributed by atoms with Crippen LogP contribution in [0.25, 0.3) is 10.9 Å². The summed E-state index contributed by atoms with van der Waals surface area (Å²) in [5.41, 5.74) is 14.1. The number of nitrogens with zero attached hydrogens (tertiary/aromatic N) is 1. The van der Waals surface area contributed by atoms with E-state index in [1.807, 2.05) is 24.3 Å². The number of amides is 2. The number of fused-ring (bicyclic) bond motifs is 3. The number of aliphatic imine (C=N–C) groups is 1. The largest absolute Gasteiger partial charge is 0.370 e. The Kier molecular flexibility index (Phi) is 6.00. The Morgan fingerprint density at radius 1 is 1.16 bits per heavy atom. The molecule has 3 aromatic rings. The fourth-order valence-electron chi connectivity index (χ4n) is 4.07. The number of carbonyl (C=O) groups is 2. The Balaban J connectivity index is 1.63. The van der Waals surface area contributed by atoms with Crippen LogP contribution in [0.3, 0.4) is 0 Å². The second-order valence-corrected chi connectivity index (χ2v) is 8.02. The molecule has 10 heteroatoms. The molecule has 1 aliphatic rings. The van der Waals surface area contributed by atoms with Gasteiger partial charge in [0.15, 0.2) is 5.96 Å². The molecule has 166 valence electrons. The van der Waals surface area contributed by atoms with Gasteiger partial charge < -0.3 is 27.1 Å². The van der Waals surface area contributed by atoms with Gasteiger partial charge in [-0.2, -0.15) is 0 Å². The number of aromatic amines is 1. The summed E-state index contributed by atoms with van der Waals surface area (Å²) in [6.45, 7) is 0. The molecule has 0 bridgehead atoms. The molecule has 1 heterocycles. The van der Waals surface area contributed by atoms with Crippen LogP contribution in [0.15, 0.2) is 47.5 Å². The van der Waals surface area contributed by atoms with E-state index in [9.17, 15) is 14.0 Å². The first-order valence-corrected chi connectivity index (χ1v) is 10.5. The summed E-state index contributed by atoms with van der Waals surface area (Å²) in [7, 11) is 0. The highest BCUT2D eigenvalue weighted by atomic mass is 35.5. The number of H-pyrrole nitrogens is 1. The van der Waals surface area contributed by atoms with E-state index in [1.54, 1.807) is 0 Å². The van der Waals surface area contributed by atoms with Crippen molar-refractivity contribution in [2.75, 3.05) is 5.32 Å².